The van der Waals surface area contributed by atoms with Crippen molar-refractivity contribution in [3.63, 3.8) is 0 Å². The summed E-state index contributed by atoms with van der Waals surface area (Å²) in [5.41, 5.74) is 0.803. The molecule has 1 atom stereocenters. The van der Waals surface area contributed by atoms with E-state index in [1.165, 1.54) is 6.92 Å². The number of thioether (sulfide) groups is 1. The van der Waals surface area contributed by atoms with Crippen LogP contribution in [0.25, 0.3) is 16.8 Å². The van der Waals surface area contributed by atoms with E-state index >= 15 is 0 Å². The number of unbranched alkanes of at least 4 members (excludes halogenated alkanes) is 1. The fraction of sp³-hybridized carbons (Fsp3) is 0.286. The minimum atomic E-state index is -1.09. The number of amides is 1. The molecular weight excluding hydrogens is 394 g/mol. The van der Waals surface area contributed by atoms with Gasteiger partial charge in [-0.3, -0.25) is 9.69 Å². The second kappa shape index (κ2) is 8.75. The molecule has 0 saturated carbocycles. The molecule has 146 valence electrons. The van der Waals surface area contributed by atoms with Gasteiger partial charge in [0.05, 0.1) is 11.5 Å². The predicted octanol–water partition coefficient (Wildman–Crippen LogP) is 4.69. The lowest BCUT2D eigenvalue weighted by atomic mass is 10.0. The number of hydrogen-bond acceptors (Lipinski definition) is 5. The molecule has 1 aliphatic rings. The number of hydrogen-bond donors (Lipinski definition) is 1. The van der Waals surface area contributed by atoms with Crippen molar-refractivity contribution >= 4 is 57.0 Å². The number of carbonyl (C=O) groups is 2. The molecule has 2 aromatic carbocycles. The zero-order valence-corrected chi connectivity index (χ0v) is 17.3. The largest absolute Gasteiger partial charge is 0.493 e. The number of nitrogens with zero attached hydrogens (tertiary/aromatic N) is 1. The lowest BCUT2D eigenvalue weighted by Crippen LogP contribution is -2.41. The Labute approximate surface area is 173 Å². The summed E-state index contributed by atoms with van der Waals surface area (Å²) in [6, 6.07) is 10.8. The van der Waals surface area contributed by atoms with Gasteiger partial charge in [0, 0.05) is 5.56 Å². The van der Waals surface area contributed by atoms with Gasteiger partial charge in [-0.25, -0.2) is 4.79 Å². The number of carboxylic acids is 1. The van der Waals surface area contributed by atoms with E-state index in [0.717, 1.165) is 45.8 Å². The first-order chi connectivity index (χ1) is 13.4. The van der Waals surface area contributed by atoms with E-state index < -0.39 is 17.9 Å². The molecule has 5 nitrogen and oxygen atoms in total. The van der Waals surface area contributed by atoms with Gasteiger partial charge in [-0.05, 0) is 36.3 Å². The van der Waals surface area contributed by atoms with Crippen LogP contribution in [0.15, 0.2) is 41.3 Å². The van der Waals surface area contributed by atoms with Crippen LogP contribution < -0.4 is 4.74 Å². The maximum atomic E-state index is 12.8. The zero-order chi connectivity index (χ0) is 20.3. The molecule has 0 radical (unpaired) electrons. The zero-order valence-electron chi connectivity index (χ0n) is 15.7. The molecule has 2 aromatic rings. The Morgan fingerprint density at radius 2 is 2.07 bits per heavy atom. The van der Waals surface area contributed by atoms with Crippen LogP contribution in [0.2, 0.25) is 0 Å². The minimum absolute atomic E-state index is 0.250. The fourth-order valence-electron chi connectivity index (χ4n) is 2.93. The Morgan fingerprint density at radius 3 is 2.79 bits per heavy atom. The predicted molar refractivity (Wildman–Crippen MR) is 116 cm³/mol. The van der Waals surface area contributed by atoms with Gasteiger partial charge >= 0.3 is 5.97 Å². The molecule has 1 heterocycles. The number of fused-ring (bicyclic) bond motifs is 1. The van der Waals surface area contributed by atoms with Crippen LogP contribution in [-0.4, -0.2) is 38.9 Å². The van der Waals surface area contributed by atoms with E-state index in [2.05, 4.69) is 6.92 Å². The molecular formula is C21H21NO4S2. The number of benzene rings is 2. The first-order valence-electron chi connectivity index (χ1n) is 9.08. The Balaban J connectivity index is 2.04. The number of thiocarbonyl (C=S) groups is 1. The summed E-state index contributed by atoms with van der Waals surface area (Å²) >= 11 is 6.37. The van der Waals surface area contributed by atoms with E-state index in [1.807, 2.05) is 36.4 Å². The van der Waals surface area contributed by atoms with Crippen molar-refractivity contribution < 1.29 is 19.4 Å². The normalized spacial score (nSPS) is 16.8. The van der Waals surface area contributed by atoms with Crippen LogP contribution in [0.4, 0.5) is 0 Å². The number of carboxylic acid groups (broad SMARTS) is 1. The van der Waals surface area contributed by atoms with Crippen LogP contribution in [0.3, 0.4) is 0 Å². The number of carbonyl (C=O) groups excluding carboxylic acids is 1. The molecule has 1 amide bonds. The highest BCUT2D eigenvalue weighted by atomic mass is 32.2. The minimum Gasteiger partial charge on any atom is -0.493 e. The van der Waals surface area contributed by atoms with Gasteiger partial charge in [-0.1, -0.05) is 67.7 Å². The Bertz CT molecular complexity index is 970. The average molecular weight is 416 g/mol. The summed E-state index contributed by atoms with van der Waals surface area (Å²) in [6.07, 6.45) is 3.72. The number of rotatable bonds is 7. The molecule has 1 fully saturated rings. The van der Waals surface area contributed by atoms with Crippen molar-refractivity contribution in [3.8, 4) is 5.75 Å². The van der Waals surface area contributed by atoms with Crippen molar-refractivity contribution in [3.05, 3.63) is 46.9 Å². The SMILES string of the molecule is CCCCOc1ccc2ccccc2c1/C=C1\SC(=S)N([C@H](C)C(=O)O)C1=O. The molecule has 7 heteroatoms. The lowest BCUT2D eigenvalue weighted by Gasteiger charge is -2.18. The second-order valence-corrected chi connectivity index (χ2v) is 8.14. The average Bonchev–Trinajstić information content (AvgIpc) is 2.96. The summed E-state index contributed by atoms with van der Waals surface area (Å²) in [6.45, 7) is 4.14. The fourth-order valence-corrected chi connectivity index (χ4v) is 4.33. The van der Waals surface area contributed by atoms with E-state index in [0.29, 0.717) is 17.3 Å². The molecule has 1 N–H and O–H groups in total. The van der Waals surface area contributed by atoms with E-state index in [1.54, 1.807) is 6.08 Å². The van der Waals surface area contributed by atoms with Crippen molar-refractivity contribution in [1.29, 1.82) is 0 Å². The lowest BCUT2D eigenvalue weighted by molar-refractivity contribution is -0.144. The topological polar surface area (TPSA) is 66.8 Å². The first-order valence-corrected chi connectivity index (χ1v) is 10.3. The standard InChI is InChI=1S/C21H21NO4S2/c1-3-4-11-26-17-10-9-14-7-5-6-8-15(14)16(17)12-18-19(23)22(21(27)28-18)13(2)20(24)25/h5-10,12-13H,3-4,11H2,1-2H3,(H,24,25)/b18-12-/t13-/m1/s1. The van der Waals surface area contributed by atoms with Gasteiger partial charge in [0.25, 0.3) is 5.91 Å². The van der Waals surface area contributed by atoms with Gasteiger partial charge in [-0.15, -0.1) is 0 Å². The van der Waals surface area contributed by atoms with Gasteiger partial charge < -0.3 is 9.84 Å². The molecule has 3 rings (SSSR count). The van der Waals surface area contributed by atoms with Gasteiger partial charge in [-0.2, -0.15) is 0 Å². The highest BCUT2D eigenvalue weighted by Gasteiger charge is 2.38. The third kappa shape index (κ3) is 4.05. The monoisotopic (exact) mass is 415 g/mol. The van der Waals surface area contributed by atoms with E-state index in [4.69, 9.17) is 17.0 Å². The van der Waals surface area contributed by atoms with Crippen LogP contribution in [0.5, 0.6) is 5.75 Å². The van der Waals surface area contributed by atoms with Crippen molar-refractivity contribution in [2.24, 2.45) is 0 Å². The molecule has 0 aliphatic carbocycles. The summed E-state index contributed by atoms with van der Waals surface area (Å²) in [5, 5.41) is 11.3. The maximum Gasteiger partial charge on any atom is 0.326 e. The maximum absolute atomic E-state index is 12.8. The number of aliphatic carboxylic acids is 1. The molecule has 0 unspecified atom stereocenters. The van der Waals surface area contributed by atoms with Crippen LogP contribution in [0, 0.1) is 0 Å². The third-order valence-corrected chi connectivity index (χ3v) is 5.86. The molecule has 1 saturated heterocycles. The van der Waals surface area contributed by atoms with Crippen LogP contribution >= 0.6 is 24.0 Å². The molecule has 0 bridgehead atoms. The van der Waals surface area contributed by atoms with E-state index in [-0.39, 0.29) is 4.32 Å². The summed E-state index contributed by atoms with van der Waals surface area (Å²) in [5.74, 6) is -0.785. The van der Waals surface area contributed by atoms with Gasteiger partial charge in [0.15, 0.2) is 0 Å². The van der Waals surface area contributed by atoms with Crippen molar-refractivity contribution in [1.82, 2.24) is 4.90 Å². The number of ether oxygens (including phenoxy) is 1. The summed E-state index contributed by atoms with van der Waals surface area (Å²) < 4.78 is 6.21. The second-order valence-electron chi connectivity index (χ2n) is 6.47. The Kier molecular flexibility index (Phi) is 6.36. The quantitative estimate of drug-likeness (QED) is 0.402. The van der Waals surface area contributed by atoms with E-state index in [9.17, 15) is 14.7 Å². The highest BCUT2D eigenvalue weighted by molar-refractivity contribution is 8.26. The molecule has 28 heavy (non-hydrogen) atoms. The molecule has 0 aromatic heterocycles. The molecule has 0 spiro atoms. The van der Waals surface area contributed by atoms with Crippen molar-refractivity contribution in [2.75, 3.05) is 6.61 Å². The molecule has 1 aliphatic heterocycles. The van der Waals surface area contributed by atoms with Crippen molar-refractivity contribution in [2.45, 2.75) is 32.7 Å². The Morgan fingerprint density at radius 1 is 1.32 bits per heavy atom. The summed E-state index contributed by atoms with van der Waals surface area (Å²) in [7, 11) is 0. The van der Waals surface area contributed by atoms with Crippen LogP contribution in [0.1, 0.15) is 32.3 Å². The highest BCUT2D eigenvalue weighted by Crippen LogP contribution is 2.37. The summed E-state index contributed by atoms with van der Waals surface area (Å²) in [4.78, 5) is 25.7. The Hall–Kier alpha value is -2.38. The third-order valence-electron chi connectivity index (χ3n) is 4.53. The van der Waals surface area contributed by atoms with Gasteiger partial charge in [0.1, 0.15) is 16.1 Å². The first kappa shape index (κ1) is 20.4. The van der Waals surface area contributed by atoms with Crippen LogP contribution in [-0.2, 0) is 9.59 Å². The smallest absolute Gasteiger partial charge is 0.326 e. The van der Waals surface area contributed by atoms with Gasteiger partial charge in [0.2, 0.25) is 0 Å².